The van der Waals surface area contributed by atoms with Crippen LogP contribution in [0.1, 0.15) is 34.4 Å². The van der Waals surface area contributed by atoms with Crippen molar-refractivity contribution in [2.75, 3.05) is 0 Å². The molecule has 0 aliphatic rings. The van der Waals surface area contributed by atoms with E-state index in [1.807, 2.05) is 0 Å². The Morgan fingerprint density at radius 2 is 1.76 bits per heavy atom. The molecule has 2 aromatic heterocycles. The van der Waals surface area contributed by atoms with E-state index in [1.54, 1.807) is 0 Å². The molecule has 0 aliphatic carbocycles. The minimum Gasteiger partial charge on any atom is -0.345 e. The van der Waals surface area contributed by atoms with Crippen LogP contribution in [0.3, 0.4) is 0 Å². The number of halogens is 5. The molecule has 1 aromatic carbocycles. The van der Waals surface area contributed by atoms with Crippen molar-refractivity contribution in [2.45, 2.75) is 35.4 Å². The lowest BCUT2D eigenvalue weighted by atomic mass is 10.2. The van der Waals surface area contributed by atoms with Crippen LogP contribution in [0.4, 0.5) is 22.0 Å². The van der Waals surface area contributed by atoms with E-state index in [4.69, 9.17) is 0 Å². The summed E-state index contributed by atoms with van der Waals surface area (Å²) < 4.78 is 91.7. The molecule has 0 saturated heterocycles. The van der Waals surface area contributed by atoms with Crippen LogP contribution < -0.4 is 5.32 Å². The third-order valence-corrected chi connectivity index (χ3v) is 6.31. The van der Waals surface area contributed by atoms with Crippen molar-refractivity contribution in [3.05, 3.63) is 71.3 Å². The van der Waals surface area contributed by atoms with Gasteiger partial charge in [-0.15, -0.1) is 0 Å². The zero-order valence-electron chi connectivity index (χ0n) is 17.2. The fourth-order valence-electron chi connectivity index (χ4n) is 2.81. The molecular formula is C20H17F5N4O3S. The van der Waals surface area contributed by atoms with Crippen molar-refractivity contribution in [1.82, 2.24) is 20.1 Å². The standard InChI is InChI=1S/C20H17F5N4O3S/c1-19(21,22)17-9-16(29(2)28-17)18(30)27-10-13-6-7-15(11-26-13)33(31,32)14-5-3-4-12(8-14)20(23,24)25/h3-9,11H,10H2,1-2H3,(H,27,30). The maximum absolute atomic E-state index is 13.4. The Labute approximate surface area is 185 Å². The number of nitrogens with zero attached hydrogens (tertiary/aromatic N) is 3. The monoisotopic (exact) mass is 488 g/mol. The molecule has 0 radical (unpaired) electrons. The predicted octanol–water partition coefficient (Wildman–Crippen LogP) is 3.71. The number of hydrogen-bond acceptors (Lipinski definition) is 5. The molecule has 0 unspecified atom stereocenters. The highest BCUT2D eigenvalue weighted by atomic mass is 32.2. The van der Waals surface area contributed by atoms with Gasteiger partial charge < -0.3 is 5.32 Å². The molecule has 0 bridgehead atoms. The molecule has 33 heavy (non-hydrogen) atoms. The number of aromatic nitrogens is 3. The topological polar surface area (TPSA) is 94.0 Å². The fourth-order valence-corrected chi connectivity index (χ4v) is 4.06. The van der Waals surface area contributed by atoms with E-state index in [9.17, 15) is 35.2 Å². The van der Waals surface area contributed by atoms with Gasteiger partial charge in [-0.25, -0.2) is 8.42 Å². The van der Waals surface area contributed by atoms with Gasteiger partial charge in [-0.2, -0.15) is 27.1 Å². The van der Waals surface area contributed by atoms with Gasteiger partial charge in [0.05, 0.1) is 27.6 Å². The Morgan fingerprint density at radius 1 is 1.06 bits per heavy atom. The number of nitrogens with one attached hydrogen (secondary N) is 1. The third-order valence-electron chi connectivity index (χ3n) is 4.57. The smallest absolute Gasteiger partial charge is 0.345 e. The van der Waals surface area contributed by atoms with E-state index in [0.717, 1.165) is 41.2 Å². The lowest BCUT2D eigenvalue weighted by molar-refractivity contribution is -0.137. The maximum Gasteiger partial charge on any atom is 0.416 e. The van der Waals surface area contributed by atoms with Gasteiger partial charge in [-0.3, -0.25) is 14.5 Å². The second-order valence-electron chi connectivity index (χ2n) is 7.12. The number of alkyl halides is 5. The molecule has 1 amide bonds. The van der Waals surface area contributed by atoms with E-state index in [-0.39, 0.29) is 22.8 Å². The van der Waals surface area contributed by atoms with E-state index in [0.29, 0.717) is 13.0 Å². The predicted molar refractivity (Wildman–Crippen MR) is 105 cm³/mol. The number of aryl methyl sites for hydroxylation is 1. The van der Waals surface area contributed by atoms with Crippen LogP contribution in [0.15, 0.2) is 58.5 Å². The van der Waals surface area contributed by atoms with Gasteiger partial charge in [0.25, 0.3) is 11.8 Å². The minimum absolute atomic E-state index is 0.115. The summed E-state index contributed by atoms with van der Waals surface area (Å²) in [5, 5.41) is 6.05. The molecule has 1 N–H and O–H groups in total. The second kappa shape index (κ2) is 8.54. The summed E-state index contributed by atoms with van der Waals surface area (Å²) in [6.07, 6.45) is -3.75. The van der Waals surface area contributed by atoms with Crippen LogP contribution in [-0.4, -0.2) is 29.1 Å². The van der Waals surface area contributed by atoms with Crippen LogP contribution in [0, 0.1) is 0 Å². The first-order chi connectivity index (χ1) is 15.2. The summed E-state index contributed by atoms with van der Waals surface area (Å²) in [7, 11) is -2.93. The normalized spacial score (nSPS) is 12.6. The molecule has 3 rings (SSSR count). The van der Waals surface area contributed by atoms with Crippen molar-refractivity contribution >= 4 is 15.7 Å². The Bertz CT molecular complexity index is 1280. The first-order valence-corrected chi connectivity index (χ1v) is 10.8. The molecule has 13 heteroatoms. The number of carbonyl (C=O) groups excluding carboxylic acids is 1. The maximum atomic E-state index is 13.4. The van der Waals surface area contributed by atoms with Crippen LogP contribution in [-0.2, 0) is 35.5 Å². The Hall–Kier alpha value is -3.35. The Balaban J connectivity index is 1.73. The number of rotatable bonds is 6. The lowest BCUT2D eigenvalue weighted by Gasteiger charge is -2.10. The van der Waals surface area contributed by atoms with E-state index >= 15 is 0 Å². The molecule has 0 aliphatic heterocycles. The van der Waals surface area contributed by atoms with Gasteiger partial charge in [-0.1, -0.05) is 6.07 Å². The number of carbonyl (C=O) groups is 1. The van der Waals surface area contributed by atoms with E-state index < -0.39 is 44.0 Å². The van der Waals surface area contributed by atoms with E-state index in [1.165, 1.54) is 13.1 Å². The van der Waals surface area contributed by atoms with Gasteiger partial charge in [0.15, 0.2) is 0 Å². The van der Waals surface area contributed by atoms with Crippen molar-refractivity contribution in [2.24, 2.45) is 7.05 Å². The molecule has 0 fully saturated rings. The summed E-state index contributed by atoms with van der Waals surface area (Å²) in [5.74, 6) is -3.93. The molecule has 176 valence electrons. The zero-order chi connectivity index (χ0) is 24.6. The van der Waals surface area contributed by atoms with Gasteiger partial charge in [0.1, 0.15) is 11.4 Å². The van der Waals surface area contributed by atoms with Crippen LogP contribution in [0.2, 0.25) is 0 Å². The largest absolute Gasteiger partial charge is 0.416 e. The van der Waals surface area contributed by atoms with Crippen molar-refractivity contribution in [3.8, 4) is 0 Å². The highest BCUT2D eigenvalue weighted by Gasteiger charge is 2.32. The number of benzene rings is 1. The molecule has 0 atom stereocenters. The molecule has 3 aromatic rings. The average molecular weight is 488 g/mol. The number of amides is 1. The summed E-state index contributed by atoms with van der Waals surface area (Å²) in [6.45, 7) is 0.488. The number of pyridine rings is 1. The third kappa shape index (κ3) is 5.35. The highest BCUT2D eigenvalue weighted by molar-refractivity contribution is 7.91. The first kappa shape index (κ1) is 24.3. The van der Waals surface area contributed by atoms with Crippen LogP contribution in [0.5, 0.6) is 0 Å². The molecule has 0 saturated carbocycles. The summed E-state index contributed by atoms with van der Waals surface area (Å²) in [5.41, 5.74) is -1.56. The number of hydrogen-bond donors (Lipinski definition) is 1. The Kier molecular flexibility index (Phi) is 6.29. The summed E-state index contributed by atoms with van der Waals surface area (Å²) in [4.78, 5) is 15.3. The van der Waals surface area contributed by atoms with Crippen molar-refractivity contribution in [3.63, 3.8) is 0 Å². The average Bonchev–Trinajstić information content (AvgIpc) is 3.14. The summed E-state index contributed by atoms with van der Waals surface area (Å²) in [6, 6.07) is 6.69. The minimum atomic E-state index is -4.70. The van der Waals surface area contributed by atoms with Crippen molar-refractivity contribution < 1.29 is 35.2 Å². The lowest BCUT2D eigenvalue weighted by Crippen LogP contribution is -2.25. The van der Waals surface area contributed by atoms with Crippen LogP contribution >= 0.6 is 0 Å². The second-order valence-corrected chi connectivity index (χ2v) is 9.07. The summed E-state index contributed by atoms with van der Waals surface area (Å²) >= 11 is 0. The SMILES string of the molecule is Cn1nc(C(C)(F)F)cc1C(=O)NCc1ccc(S(=O)(=O)c2cccc(C(F)(F)F)c2)cn1. The quantitative estimate of drug-likeness (QED) is 0.534. The first-order valence-electron chi connectivity index (χ1n) is 9.27. The Morgan fingerprint density at radius 3 is 2.30 bits per heavy atom. The van der Waals surface area contributed by atoms with Gasteiger partial charge >= 0.3 is 6.18 Å². The van der Waals surface area contributed by atoms with Crippen molar-refractivity contribution in [1.29, 1.82) is 0 Å². The molecule has 2 heterocycles. The molecular weight excluding hydrogens is 471 g/mol. The van der Waals surface area contributed by atoms with E-state index in [2.05, 4.69) is 15.4 Å². The molecule has 7 nitrogen and oxygen atoms in total. The van der Waals surface area contributed by atoms with Gasteiger partial charge in [0.2, 0.25) is 9.84 Å². The van der Waals surface area contributed by atoms with Gasteiger partial charge in [-0.05, 0) is 36.4 Å². The number of sulfone groups is 1. The van der Waals surface area contributed by atoms with Gasteiger partial charge in [0, 0.05) is 20.2 Å². The highest BCUT2D eigenvalue weighted by Crippen LogP contribution is 2.32. The fraction of sp³-hybridized carbons (Fsp3) is 0.250. The zero-order valence-corrected chi connectivity index (χ0v) is 18.0. The van der Waals surface area contributed by atoms with Crippen LogP contribution in [0.25, 0.3) is 0 Å². The molecule has 0 spiro atoms.